The third-order valence-corrected chi connectivity index (χ3v) is 1.78. The molecule has 18 heavy (non-hydrogen) atoms. The molecule has 106 valence electrons. The second-order valence-electron chi connectivity index (χ2n) is 2.94. The Balaban J connectivity index is 0. The molecule has 0 atom stereocenters. The second-order valence-corrected chi connectivity index (χ2v) is 2.94. The Kier molecular flexibility index (Phi) is 12.7. The van der Waals surface area contributed by atoms with Crippen LogP contribution in [0.25, 0.3) is 0 Å². The number of hydroxylamine groups is 2. The quantitative estimate of drug-likeness (QED) is 0.771. The third kappa shape index (κ3) is 7.01. The smallest absolute Gasteiger partial charge is 0.330 e. The Labute approximate surface area is 108 Å². The summed E-state index contributed by atoms with van der Waals surface area (Å²) in [6, 6.07) is 0. The van der Waals surface area contributed by atoms with Gasteiger partial charge in [-0.05, 0) is 13.0 Å². The van der Waals surface area contributed by atoms with Crippen molar-refractivity contribution in [3.8, 4) is 0 Å². The maximum Gasteiger partial charge on any atom is 0.333 e. The summed E-state index contributed by atoms with van der Waals surface area (Å²) < 4.78 is 0. The lowest BCUT2D eigenvalue weighted by Gasteiger charge is -2.11. The van der Waals surface area contributed by atoms with E-state index >= 15 is 0 Å². The van der Waals surface area contributed by atoms with E-state index in [1.54, 1.807) is 0 Å². The summed E-state index contributed by atoms with van der Waals surface area (Å²) in [7, 11) is 0. The number of amides is 2. The Morgan fingerprint density at radius 2 is 1.61 bits per heavy atom. The van der Waals surface area contributed by atoms with E-state index in [9.17, 15) is 14.4 Å². The van der Waals surface area contributed by atoms with Crippen molar-refractivity contribution >= 4 is 17.8 Å². The van der Waals surface area contributed by atoms with Crippen LogP contribution in [-0.4, -0.2) is 29.4 Å². The number of nitrogens with zero attached hydrogens (tertiary/aromatic N) is 1. The molecule has 0 aliphatic carbocycles. The van der Waals surface area contributed by atoms with Gasteiger partial charge in [0.1, 0.15) is 0 Å². The molecule has 1 rings (SSSR count). The van der Waals surface area contributed by atoms with Gasteiger partial charge in [0, 0.05) is 19.3 Å². The van der Waals surface area contributed by atoms with Gasteiger partial charge in [-0.1, -0.05) is 27.7 Å². The number of rotatable bonds is 4. The molecular weight excluding hydrogens is 236 g/mol. The molecule has 6 nitrogen and oxygen atoms in total. The van der Waals surface area contributed by atoms with Crippen molar-refractivity contribution in [1.29, 1.82) is 0 Å². The van der Waals surface area contributed by atoms with Crippen molar-refractivity contribution in [3.05, 3.63) is 0 Å². The fraction of sp³-hybridized carbons (Fsp3) is 0.750. The minimum atomic E-state index is -0.598. The van der Waals surface area contributed by atoms with Crippen molar-refractivity contribution in [2.24, 2.45) is 5.73 Å². The van der Waals surface area contributed by atoms with Gasteiger partial charge in [0.25, 0.3) is 11.8 Å². The van der Waals surface area contributed by atoms with Crippen molar-refractivity contribution < 1.29 is 19.2 Å². The molecule has 0 aromatic carbocycles. The lowest BCUT2D eigenvalue weighted by molar-refractivity contribution is -0.197. The summed E-state index contributed by atoms with van der Waals surface area (Å²) in [5.41, 5.74) is 5.18. The predicted octanol–water partition coefficient (Wildman–Crippen LogP) is 1.38. The molecule has 0 spiro atoms. The van der Waals surface area contributed by atoms with Crippen LogP contribution in [0.2, 0.25) is 0 Å². The van der Waals surface area contributed by atoms with Gasteiger partial charge in [-0.15, -0.1) is 5.06 Å². The zero-order valence-electron chi connectivity index (χ0n) is 11.7. The van der Waals surface area contributed by atoms with Crippen LogP contribution in [0.15, 0.2) is 0 Å². The molecule has 0 unspecified atom stereocenters. The van der Waals surface area contributed by atoms with Gasteiger partial charge in [0.15, 0.2) is 0 Å². The van der Waals surface area contributed by atoms with Crippen LogP contribution in [0.5, 0.6) is 0 Å². The molecule has 0 saturated carbocycles. The van der Waals surface area contributed by atoms with E-state index in [2.05, 4.69) is 4.84 Å². The maximum absolute atomic E-state index is 11.0. The average molecular weight is 260 g/mol. The Hall–Kier alpha value is -1.43. The summed E-state index contributed by atoms with van der Waals surface area (Å²) in [5, 5.41) is 0.541. The lowest BCUT2D eigenvalue weighted by atomic mass is 10.3. The number of carbonyl (C=O) groups excluding carboxylic acids is 3. The monoisotopic (exact) mass is 260 g/mol. The first-order chi connectivity index (χ1) is 8.65. The third-order valence-electron chi connectivity index (χ3n) is 1.78. The SMILES string of the molecule is CC.CC.NCCCC(=O)ON1C(=O)CCC1=O. The molecular formula is C12H24N2O4. The van der Waals surface area contributed by atoms with Gasteiger partial charge in [-0.2, -0.15) is 0 Å². The molecule has 0 radical (unpaired) electrons. The van der Waals surface area contributed by atoms with Crippen molar-refractivity contribution in [3.63, 3.8) is 0 Å². The van der Waals surface area contributed by atoms with E-state index < -0.39 is 17.8 Å². The van der Waals surface area contributed by atoms with Crippen LogP contribution in [0.3, 0.4) is 0 Å². The number of nitrogens with two attached hydrogens (primary N) is 1. The van der Waals surface area contributed by atoms with Crippen LogP contribution < -0.4 is 5.73 Å². The molecule has 1 aliphatic rings. The highest BCUT2D eigenvalue weighted by Crippen LogP contribution is 2.12. The average Bonchev–Trinajstić information content (AvgIpc) is 2.73. The summed E-state index contributed by atoms with van der Waals surface area (Å²) >= 11 is 0. The zero-order chi connectivity index (χ0) is 14.6. The minimum absolute atomic E-state index is 0.114. The number of hydrogen-bond donors (Lipinski definition) is 1. The summed E-state index contributed by atoms with van der Waals surface area (Å²) in [5.74, 6) is -1.52. The molecule has 1 fully saturated rings. The lowest BCUT2D eigenvalue weighted by Crippen LogP contribution is -2.32. The molecule has 1 saturated heterocycles. The van der Waals surface area contributed by atoms with E-state index in [0.717, 1.165) is 0 Å². The molecule has 1 aliphatic heterocycles. The largest absolute Gasteiger partial charge is 0.333 e. The molecule has 0 bridgehead atoms. The number of carbonyl (C=O) groups is 3. The normalized spacial score (nSPS) is 13.3. The highest BCUT2D eigenvalue weighted by molar-refractivity contribution is 6.01. The van der Waals surface area contributed by atoms with Gasteiger partial charge < -0.3 is 10.6 Å². The van der Waals surface area contributed by atoms with Crippen LogP contribution in [-0.2, 0) is 19.2 Å². The molecule has 0 aromatic rings. The van der Waals surface area contributed by atoms with Crippen molar-refractivity contribution in [2.75, 3.05) is 6.54 Å². The van der Waals surface area contributed by atoms with E-state index in [1.807, 2.05) is 27.7 Å². The Bertz CT molecular complexity index is 251. The maximum atomic E-state index is 11.0. The Morgan fingerprint density at radius 3 is 2.00 bits per heavy atom. The number of imide groups is 1. The fourth-order valence-corrected chi connectivity index (χ4v) is 1.05. The highest BCUT2D eigenvalue weighted by atomic mass is 16.7. The van der Waals surface area contributed by atoms with Crippen molar-refractivity contribution in [1.82, 2.24) is 5.06 Å². The van der Waals surface area contributed by atoms with Gasteiger partial charge in [-0.25, -0.2) is 4.79 Å². The minimum Gasteiger partial charge on any atom is -0.330 e. The highest BCUT2D eigenvalue weighted by Gasteiger charge is 2.32. The van der Waals surface area contributed by atoms with Crippen LogP contribution in [0, 0.1) is 0 Å². The molecule has 0 aromatic heterocycles. The van der Waals surface area contributed by atoms with Gasteiger partial charge in [-0.3, -0.25) is 9.59 Å². The van der Waals surface area contributed by atoms with Crippen molar-refractivity contribution in [2.45, 2.75) is 53.4 Å². The first-order valence-corrected chi connectivity index (χ1v) is 6.42. The topological polar surface area (TPSA) is 89.7 Å². The zero-order valence-corrected chi connectivity index (χ0v) is 11.7. The summed E-state index contributed by atoms with van der Waals surface area (Å²) in [6.45, 7) is 8.37. The van der Waals surface area contributed by atoms with Gasteiger partial charge in [0.2, 0.25) is 0 Å². The summed E-state index contributed by atoms with van der Waals surface area (Å²) in [6.07, 6.45) is 0.828. The van der Waals surface area contributed by atoms with E-state index in [-0.39, 0.29) is 19.3 Å². The van der Waals surface area contributed by atoms with Gasteiger partial charge in [0.05, 0.1) is 0 Å². The summed E-state index contributed by atoms with van der Waals surface area (Å²) in [4.78, 5) is 37.6. The van der Waals surface area contributed by atoms with E-state index in [1.165, 1.54) is 0 Å². The van der Waals surface area contributed by atoms with E-state index in [4.69, 9.17) is 5.73 Å². The van der Waals surface area contributed by atoms with E-state index in [0.29, 0.717) is 18.0 Å². The molecule has 2 N–H and O–H groups in total. The van der Waals surface area contributed by atoms with Crippen LogP contribution >= 0.6 is 0 Å². The Morgan fingerprint density at radius 1 is 1.17 bits per heavy atom. The van der Waals surface area contributed by atoms with Gasteiger partial charge >= 0.3 is 5.97 Å². The first kappa shape index (κ1) is 18.9. The fourth-order valence-electron chi connectivity index (χ4n) is 1.05. The van der Waals surface area contributed by atoms with Crippen LogP contribution in [0.4, 0.5) is 0 Å². The molecule has 1 heterocycles. The standard InChI is InChI=1S/C8H12N2O4.2C2H6/c9-5-1-2-8(13)14-10-6(11)3-4-7(10)12;2*1-2/h1-5,9H2;2*1-2H3. The second kappa shape index (κ2) is 12.0. The molecule has 6 heteroatoms. The van der Waals surface area contributed by atoms with Crippen LogP contribution in [0.1, 0.15) is 53.4 Å². The first-order valence-electron chi connectivity index (χ1n) is 6.42. The number of hydrogen-bond acceptors (Lipinski definition) is 5. The predicted molar refractivity (Wildman–Crippen MR) is 68.2 cm³/mol. The molecule has 2 amide bonds.